The number of rotatable bonds is 6. The van der Waals surface area contributed by atoms with Crippen LogP contribution in [0.3, 0.4) is 0 Å². The number of aliphatic hydroxyl groups excluding tert-OH is 1. The van der Waals surface area contributed by atoms with Gasteiger partial charge < -0.3 is 14.9 Å². The standard InChI is InChI=1S/C16H14O5S/c1-21-11-4-2-10(3-5-11)8-12-6-7-15(22-12)13(17)9-14(18)16(19)20/h2-7,9,18H,8H2,1H3,(H,19,20). The van der Waals surface area contributed by atoms with Crippen LogP contribution in [0.2, 0.25) is 0 Å². The van der Waals surface area contributed by atoms with E-state index >= 15 is 0 Å². The fraction of sp³-hybridized carbons (Fsp3) is 0.125. The highest BCUT2D eigenvalue weighted by molar-refractivity contribution is 7.14. The van der Waals surface area contributed by atoms with Gasteiger partial charge in [0.15, 0.2) is 5.78 Å². The zero-order chi connectivity index (χ0) is 16.1. The maximum absolute atomic E-state index is 11.8. The summed E-state index contributed by atoms with van der Waals surface area (Å²) in [6.07, 6.45) is 1.38. The summed E-state index contributed by atoms with van der Waals surface area (Å²) < 4.78 is 5.09. The lowest BCUT2D eigenvalue weighted by Crippen LogP contribution is -2.02. The minimum absolute atomic E-state index is 0.385. The zero-order valence-electron chi connectivity index (χ0n) is 11.8. The molecule has 1 aromatic carbocycles. The average molecular weight is 318 g/mol. The van der Waals surface area contributed by atoms with Gasteiger partial charge in [0.2, 0.25) is 5.76 Å². The number of aliphatic hydroxyl groups is 1. The monoisotopic (exact) mass is 318 g/mol. The number of ketones is 1. The van der Waals surface area contributed by atoms with Gasteiger partial charge in [-0.3, -0.25) is 4.79 Å². The normalized spacial score (nSPS) is 11.2. The number of aliphatic carboxylic acids is 1. The van der Waals surface area contributed by atoms with Gasteiger partial charge in [0.1, 0.15) is 5.75 Å². The lowest BCUT2D eigenvalue weighted by atomic mass is 10.1. The minimum atomic E-state index is -1.52. The third kappa shape index (κ3) is 3.95. The minimum Gasteiger partial charge on any atom is -0.502 e. The van der Waals surface area contributed by atoms with Gasteiger partial charge in [-0.25, -0.2) is 4.79 Å². The van der Waals surface area contributed by atoms with Crippen molar-refractivity contribution in [3.05, 3.63) is 63.6 Å². The van der Waals surface area contributed by atoms with Crippen molar-refractivity contribution in [2.45, 2.75) is 6.42 Å². The third-order valence-electron chi connectivity index (χ3n) is 2.93. The van der Waals surface area contributed by atoms with Crippen molar-refractivity contribution >= 4 is 23.1 Å². The molecule has 22 heavy (non-hydrogen) atoms. The number of carboxylic acid groups (broad SMARTS) is 1. The van der Waals surface area contributed by atoms with Crippen LogP contribution in [-0.4, -0.2) is 29.1 Å². The maximum Gasteiger partial charge on any atom is 0.371 e. The Hall–Kier alpha value is -2.60. The van der Waals surface area contributed by atoms with Gasteiger partial charge >= 0.3 is 5.97 Å². The van der Waals surface area contributed by atoms with E-state index in [2.05, 4.69) is 0 Å². The van der Waals surface area contributed by atoms with E-state index in [-0.39, 0.29) is 0 Å². The molecule has 0 aliphatic carbocycles. The number of carbonyl (C=O) groups is 2. The van der Waals surface area contributed by atoms with Gasteiger partial charge in [-0.05, 0) is 29.8 Å². The maximum atomic E-state index is 11.8. The van der Waals surface area contributed by atoms with E-state index in [0.29, 0.717) is 17.4 Å². The molecule has 0 saturated carbocycles. The van der Waals surface area contributed by atoms with Crippen LogP contribution in [0.15, 0.2) is 48.2 Å². The van der Waals surface area contributed by atoms with E-state index in [0.717, 1.165) is 16.2 Å². The lowest BCUT2D eigenvalue weighted by molar-refractivity contribution is -0.135. The first-order chi connectivity index (χ1) is 10.5. The van der Waals surface area contributed by atoms with Crippen molar-refractivity contribution in [2.24, 2.45) is 0 Å². The number of methoxy groups -OCH3 is 1. The molecule has 0 unspecified atom stereocenters. The second-order valence-electron chi connectivity index (χ2n) is 4.49. The first-order valence-electron chi connectivity index (χ1n) is 6.39. The third-order valence-corrected chi connectivity index (χ3v) is 4.03. The van der Waals surface area contributed by atoms with Gasteiger partial charge in [0.25, 0.3) is 0 Å². The molecule has 0 saturated heterocycles. The molecule has 0 atom stereocenters. The van der Waals surface area contributed by atoms with E-state index in [1.807, 2.05) is 30.3 Å². The second kappa shape index (κ2) is 6.91. The van der Waals surface area contributed by atoms with Gasteiger partial charge in [-0.2, -0.15) is 0 Å². The van der Waals surface area contributed by atoms with Crippen molar-refractivity contribution in [3.8, 4) is 5.75 Å². The number of hydrogen-bond acceptors (Lipinski definition) is 5. The number of benzene rings is 1. The Balaban J connectivity index is 2.09. The fourth-order valence-corrected chi connectivity index (χ4v) is 2.76. The smallest absolute Gasteiger partial charge is 0.371 e. The molecule has 0 radical (unpaired) electrons. The van der Waals surface area contributed by atoms with Crippen LogP contribution in [0.25, 0.3) is 0 Å². The van der Waals surface area contributed by atoms with E-state index in [9.17, 15) is 9.59 Å². The molecule has 6 heteroatoms. The summed E-state index contributed by atoms with van der Waals surface area (Å²) in [5.74, 6) is -2.23. The molecule has 2 aromatic rings. The van der Waals surface area contributed by atoms with Crippen molar-refractivity contribution < 1.29 is 24.5 Å². The molecule has 0 fully saturated rings. The van der Waals surface area contributed by atoms with E-state index in [4.69, 9.17) is 14.9 Å². The Morgan fingerprint density at radius 3 is 2.41 bits per heavy atom. The van der Waals surface area contributed by atoms with Crippen molar-refractivity contribution in [1.82, 2.24) is 0 Å². The summed E-state index contributed by atoms with van der Waals surface area (Å²) in [5.41, 5.74) is 1.07. The molecule has 0 aliphatic rings. The summed E-state index contributed by atoms with van der Waals surface area (Å²) in [7, 11) is 1.60. The zero-order valence-corrected chi connectivity index (χ0v) is 12.6. The molecule has 5 nitrogen and oxygen atoms in total. The summed E-state index contributed by atoms with van der Waals surface area (Å²) in [5, 5.41) is 17.6. The Morgan fingerprint density at radius 1 is 1.14 bits per heavy atom. The lowest BCUT2D eigenvalue weighted by Gasteiger charge is -2.01. The number of carboxylic acids is 1. The first kappa shape index (κ1) is 15.8. The van der Waals surface area contributed by atoms with Crippen LogP contribution in [0.5, 0.6) is 5.75 Å². The fourth-order valence-electron chi connectivity index (χ4n) is 1.81. The molecule has 2 N–H and O–H groups in total. The predicted molar refractivity (Wildman–Crippen MR) is 82.8 cm³/mol. The molecule has 0 amide bonds. The molecule has 0 spiro atoms. The summed E-state index contributed by atoms with van der Waals surface area (Å²) in [6.45, 7) is 0. The highest BCUT2D eigenvalue weighted by atomic mass is 32.1. The van der Waals surface area contributed by atoms with Crippen LogP contribution in [-0.2, 0) is 11.2 Å². The van der Waals surface area contributed by atoms with Crippen LogP contribution >= 0.6 is 11.3 Å². The van der Waals surface area contributed by atoms with Gasteiger partial charge in [-0.15, -0.1) is 11.3 Å². The van der Waals surface area contributed by atoms with Crippen molar-refractivity contribution in [2.75, 3.05) is 7.11 Å². The SMILES string of the molecule is COc1ccc(Cc2ccc(C(=O)C=C(O)C(=O)O)s2)cc1. The number of thiophene rings is 1. The average Bonchev–Trinajstić information content (AvgIpc) is 2.96. The molecule has 2 rings (SSSR count). The van der Waals surface area contributed by atoms with Crippen molar-refractivity contribution in [1.29, 1.82) is 0 Å². The molecule has 114 valence electrons. The first-order valence-corrected chi connectivity index (χ1v) is 7.21. The van der Waals surface area contributed by atoms with Crippen molar-refractivity contribution in [3.63, 3.8) is 0 Å². The highest BCUT2D eigenvalue weighted by Gasteiger charge is 2.12. The van der Waals surface area contributed by atoms with E-state index in [1.54, 1.807) is 13.2 Å². The Morgan fingerprint density at radius 2 is 1.82 bits per heavy atom. The molecular weight excluding hydrogens is 304 g/mol. The van der Waals surface area contributed by atoms with Gasteiger partial charge in [-0.1, -0.05) is 12.1 Å². The van der Waals surface area contributed by atoms with E-state index < -0.39 is 17.5 Å². The van der Waals surface area contributed by atoms with Crippen LogP contribution in [0, 0.1) is 0 Å². The molecule has 0 aliphatic heterocycles. The predicted octanol–water partition coefficient (Wildman–Crippen LogP) is 3.06. The largest absolute Gasteiger partial charge is 0.502 e. The number of hydrogen-bond donors (Lipinski definition) is 2. The number of allylic oxidation sites excluding steroid dienone is 1. The molecule has 0 bridgehead atoms. The van der Waals surface area contributed by atoms with Gasteiger partial charge in [0, 0.05) is 17.4 Å². The number of ether oxygens (including phenoxy) is 1. The van der Waals surface area contributed by atoms with Crippen LogP contribution < -0.4 is 4.74 Å². The summed E-state index contributed by atoms with van der Waals surface area (Å²) >= 11 is 1.27. The van der Waals surface area contributed by atoms with Crippen LogP contribution in [0.4, 0.5) is 0 Å². The molecular formula is C16H14O5S. The number of carbonyl (C=O) groups excluding carboxylic acids is 1. The second-order valence-corrected chi connectivity index (χ2v) is 5.66. The van der Waals surface area contributed by atoms with E-state index in [1.165, 1.54) is 11.3 Å². The summed E-state index contributed by atoms with van der Waals surface area (Å²) in [6, 6.07) is 11.0. The highest BCUT2D eigenvalue weighted by Crippen LogP contribution is 2.22. The Labute approximate surface area is 131 Å². The van der Waals surface area contributed by atoms with Crippen LogP contribution in [0.1, 0.15) is 20.1 Å². The summed E-state index contributed by atoms with van der Waals surface area (Å²) in [4.78, 5) is 23.6. The molecule has 1 aromatic heterocycles. The Kier molecular flexibility index (Phi) is 4.95. The topological polar surface area (TPSA) is 83.8 Å². The molecule has 1 heterocycles. The Bertz CT molecular complexity index is 712. The quantitative estimate of drug-likeness (QED) is 0.486. The van der Waals surface area contributed by atoms with Gasteiger partial charge in [0.05, 0.1) is 12.0 Å².